The molecule has 3 rings (SSSR count). The predicted molar refractivity (Wildman–Crippen MR) is 81.7 cm³/mol. The van der Waals surface area contributed by atoms with E-state index in [1.54, 1.807) is 0 Å². The van der Waals surface area contributed by atoms with E-state index in [0.29, 0.717) is 5.92 Å². The van der Waals surface area contributed by atoms with Crippen molar-refractivity contribution in [2.75, 3.05) is 25.0 Å². The van der Waals surface area contributed by atoms with Crippen LogP contribution >= 0.6 is 0 Å². The van der Waals surface area contributed by atoms with E-state index in [2.05, 4.69) is 48.3 Å². The molecule has 19 heavy (non-hydrogen) atoms. The summed E-state index contributed by atoms with van der Waals surface area (Å²) in [6.45, 7) is 8.48. The van der Waals surface area contributed by atoms with Crippen molar-refractivity contribution in [2.45, 2.75) is 45.1 Å². The van der Waals surface area contributed by atoms with Gasteiger partial charge in [0.25, 0.3) is 0 Å². The van der Waals surface area contributed by atoms with Crippen molar-refractivity contribution in [3.63, 3.8) is 0 Å². The van der Waals surface area contributed by atoms with Gasteiger partial charge in [-0.1, -0.05) is 25.1 Å². The van der Waals surface area contributed by atoms with Gasteiger partial charge in [-0.15, -0.1) is 0 Å². The lowest BCUT2D eigenvalue weighted by Crippen LogP contribution is -2.44. The fraction of sp³-hybridized carbons (Fsp3) is 0.647. The fourth-order valence-electron chi connectivity index (χ4n) is 3.70. The van der Waals surface area contributed by atoms with Crippen molar-refractivity contribution >= 4 is 5.69 Å². The number of anilines is 1. The number of piperidine rings is 1. The van der Waals surface area contributed by atoms with Crippen LogP contribution in [-0.2, 0) is 0 Å². The van der Waals surface area contributed by atoms with E-state index in [-0.39, 0.29) is 0 Å². The van der Waals surface area contributed by atoms with Crippen LogP contribution in [0.5, 0.6) is 0 Å². The van der Waals surface area contributed by atoms with Gasteiger partial charge in [0, 0.05) is 30.7 Å². The second-order valence-electron chi connectivity index (χ2n) is 6.35. The van der Waals surface area contributed by atoms with Gasteiger partial charge in [0.05, 0.1) is 0 Å². The number of nitrogens with zero attached hydrogens (tertiary/aromatic N) is 1. The summed E-state index contributed by atoms with van der Waals surface area (Å²) in [7, 11) is 0. The molecule has 2 heterocycles. The molecular weight excluding hydrogens is 232 g/mol. The number of hydrogen-bond donors (Lipinski definition) is 1. The zero-order valence-corrected chi connectivity index (χ0v) is 12.2. The largest absolute Gasteiger partial charge is 0.385 e. The lowest BCUT2D eigenvalue weighted by molar-refractivity contribution is 0.105. The molecular formula is C17H26N2. The first-order valence-electron chi connectivity index (χ1n) is 7.82. The standard InChI is InChI=1S/C17H26N2/c1-13-6-5-11-19(14(13)2)12-15-9-10-18-17-8-4-3-7-16(15)17/h3-4,7-8,13-15,18H,5-6,9-12H2,1-2H3. The molecule has 2 heteroatoms. The maximum atomic E-state index is 3.53. The van der Waals surface area contributed by atoms with Gasteiger partial charge < -0.3 is 5.32 Å². The highest BCUT2D eigenvalue weighted by atomic mass is 15.2. The number of hydrogen-bond acceptors (Lipinski definition) is 2. The third-order valence-corrected chi connectivity index (χ3v) is 5.17. The third-order valence-electron chi connectivity index (χ3n) is 5.17. The Morgan fingerprint density at radius 1 is 1.21 bits per heavy atom. The zero-order valence-electron chi connectivity index (χ0n) is 12.2. The van der Waals surface area contributed by atoms with Crippen LogP contribution in [-0.4, -0.2) is 30.6 Å². The van der Waals surface area contributed by atoms with Gasteiger partial charge in [0.15, 0.2) is 0 Å². The number of rotatable bonds is 2. The normalized spacial score (nSPS) is 31.6. The quantitative estimate of drug-likeness (QED) is 0.870. The molecule has 0 amide bonds. The predicted octanol–water partition coefficient (Wildman–Crippen LogP) is 3.71. The molecule has 1 aromatic rings. The molecule has 2 aliphatic rings. The second-order valence-corrected chi connectivity index (χ2v) is 6.35. The van der Waals surface area contributed by atoms with Crippen LogP contribution in [0.4, 0.5) is 5.69 Å². The molecule has 2 aliphatic heterocycles. The Balaban J connectivity index is 1.74. The third kappa shape index (κ3) is 2.64. The maximum Gasteiger partial charge on any atom is 0.0376 e. The summed E-state index contributed by atoms with van der Waals surface area (Å²) in [5.41, 5.74) is 2.88. The first-order valence-corrected chi connectivity index (χ1v) is 7.82. The van der Waals surface area contributed by atoms with E-state index in [1.165, 1.54) is 43.6 Å². The molecule has 1 aromatic carbocycles. The molecule has 0 aliphatic carbocycles. The summed E-state index contributed by atoms with van der Waals surface area (Å²) in [6, 6.07) is 9.60. The van der Waals surface area contributed by atoms with Crippen molar-refractivity contribution in [1.29, 1.82) is 0 Å². The van der Waals surface area contributed by atoms with Crippen LogP contribution in [0.15, 0.2) is 24.3 Å². The van der Waals surface area contributed by atoms with E-state index >= 15 is 0 Å². The van der Waals surface area contributed by atoms with E-state index in [1.807, 2.05) is 0 Å². The monoisotopic (exact) mass is 258 g/mol. The first-order chi connectivity index (χ1) is 9.25. The molecule has 1 fully saturated rings. The molecule has 0 radical (unpaired) electrons. The average Bonchev–Trinajstić information content (AvgIpc) is 2.44. The molecule has 104 valence electrons. The Morgan fingerprint density at radius 2 is 2.05 bits per heavy atom. The maximum absolute atomic E-state index is 3.53. The second kappa shape index (κ2) is 5.54. The molecule has 0 saturated carbocycles. The van der Waals surface area contributed by atoms with Crippen molar-refractivity contribution in [2.24, 2.45) is 5.92 Å². The van der Waals surface area contributed by atoms with Crippen molar-refractivity contribution in [1.82, 2.24) is 4.90 Å². The summed E-state index contributed by atoms with van der Waals surface area (Å²) < 4.78 is 0. The molecule has 0 aromatic heterocycles. The van der Waals surface area contributed by atoms with E-state index < -0.39 is 0 Å². The molecule has 3 atom stereocenters. The van der Waals surface area contributed by atoms with Gasteiger partial charge in [-0.2, -0.15) is 0 Å². The number of nitrogens with one attached hydrogen (secondary N) is 1. The van der Waals surface area contributed by atoms with Crippen LogP contribution in [0.1, 0.15) is 44.6 Å². The van der Waals surface area contributed by atoms with Gasteiger partial charge in [-0.05, 0) is 50.3 Å². The summed E-state index contributed by atoms with van der Waals surface area (Å²) in [5, 5.41) is 3.53. The van der Waals surface area contributed by atoms with Gasteiger partial charge in [0.1, 0.15) is 0 Å². The van der Waals surface area contributed by atoms with E-state index in [0.717, 1.165) is 18.5 Å². The first kappa shape index (κ1) is 13.0. The van der Waals surface area contributed by atoms with Crippen LogP contribution in [0.3, 0.4) is 0 Å². The molecule has 1 N–H and O–H groups in total. The Bertz CT molecular complexity index is 429. The molecule has 0 spiro atoms. The highest BCUT2D eigenvalue weighted by Gasteiger charge is 2.28. The van der Waals surface area contributed by atoms with E-state index in [4.69, 9.17) is 0 Å². The summed E-state index contributed by atoms with van der Waals surface area (Å²) >= 11 is 0. The van der Waals surface area contributed by atoms with E-state index in [9.17, 15) is 0 Å². The zero-order chi connectivity index (χ0) is 13.2. The Labute approximate surface area is 117 Å². The highest BCUT2D eigenvalue weighted by Crippen LogP contribution is 2.34. The van der Waals surface area contributed by atoms with Gasteiger partial charge in [-0.25, -0.2) is 0 Å². The van der Waals surface area contributed by atoms with Crippen molar-refractivity contribution in [3.8, 4) is 0 Å². The average molecular weight is 258 g/mol. The number of fused-ring (bicyclic) bond motifs is 1. The number of benzene rings is 1. The minimum absolute atomic E-state index is 0.713. The van der Waals surface area contributed by atoms with Gasteiger partial charge in [0.2, 0.25) is 0 Å². The minimum Gasteiger partial charge on any atom is -0.385 e. The van der Waals surface area contributed by atoms with Crippen LogP contribution in [0.2, 0.25) is 0 Å². The van der Waals surface area contributed by atoms with Crippen LogP contribution < -0.4 is 5.32 Å². The Kier molecular flexibility index (Phi) is 3.79. The number of likely N-dealkylation sites (tertiary alicyclic amines) is 1. The summed E-state index contributed by atoms with van der Waals surface area (Å²) in [6.07, 6.45) is 4.05. The number of para-hydroxylation sites is 1. The molecule has 2 nitrogen and oxygen atoms in total. The molecule has 3 unspecified atom stereocenters. The summed E-state index contributed by atoms with van der Waals surface area (Å²) in [4.78, 5) is 2.72. The lowest BCUT2D eigenvalue weighted by atomic mass is 9.87. The molecule has 0 bridgehead atoms. The summed E-state index contributed by atoms with van der Waals surface area (Å²) in [5.74, 6) is 1.57. The highest BCUT2D eigenvalue weighted by molar-refractivity contribution is 5.54. The van der Waals surface area contributed by atoms with Crippen molar-refractivity contribution < 1.29 is 0 Å². The fourth-order valence-corrected chi connectivity index (χ4v) is 3.70. The smallest absolute Gasteiger partial charge is 0.0376 e. The van der Waals surface area contributed by atoms with Crippen LogP contribution in [0.25, 0.3) is 0 Å². The SMILES string of the molecule is CC1CCCN(CC2CCNc3ccccc32)C1C. The van der Waals surface area contributed by atoms with Gasteiger partial charge >= 0.3 is 0 Å². The molecule has 1 saturated heterocycles. The Morgan fingerprint density at radius 3 is 2.95 bits per heavy atom. The van der Waals surface area contributed by atoms with Crippen molar-refractivity contribution in [3.05, 3.63) is 29.8 Å². The van der Waals surface area contributed by atoms with Gasteiger partial charge in [-0.3, -0.25) is 4.90 Å². The Hall–Kier alpha value is -1.02. The van der Waals surface area contributed by atoms with Crippen LogP contribution in [0, 0.1) is 5.92 Å². The minimum atomic E-state index is 0.713. The lowest BCUT2D eigenvalue weighted by Gasteiger charge is -2.41. The topological polar surface area (TPSA) is 15.3 Å².